The summed E-state index contributed by atoms with van der Waals surface area (Å²) in [6.07, 6.45) is 3.19. The Bertz CT molecular complexity index is 1100. The van der Waals surface area contributed by atoms with Crippen LogP contribution in [0.4, 0.5) is 0 Å². The Kier molecular flexibility index (Phi) is 4.90. The molecular weight excluding hydrogens is 376 g/mol. The number of rotatable bonds is 6. The summed E-state index contributed by atoms with van der Waals surface area (Å²) >= 11 is 1.56. The van der Waals surface area contributed by atoms with Crippen LogP contribution < -0.4 is 5.73 Å². The van der Waals surface area contributed by atoms with E-state index < -0.39 is 0 Å². The average Bonchev–Trinajstić information content (AvgIpc) is 3.43. The normalized spacial score (nSPS) is 11.7. The topological polar surface area (TPSA) is 104 Å². The number of pyridine rings is 1. The van der Waals surface area contributed by atoms with Gasteiger partial charge in [-0.05, 0) is 43.5 Å². The van der Waals surface area contributed by atoms with E-state index in [0.29, 0.717) is 23.0 Å². The van der Waals surface area contributed by atoms with Crippen molar-refractivity contribution in [2.24, 2.45) is 10.9 Å². The first kappa shape index (κ1) is 17.9. The van der Waals surface area contributed by atoms with Crippen molar-refractivity contribution in [3.63, 3.8) is 0 Å². The van der Waals surface area contributed by atoms with Crippen LogP contribution in [0.25, 0.3) is 16.6 Å². The largest absolute Gasteiger partial charge is 0.443 e. The van der Waals surface area contributed by atoms with Gasteiger partial charge in [-0.1, -0.05) is 11.2 Å². The van der Waals surface area contributed by atoms with Crippen LogP contribution in [0.15, 0.2) is 57.7 Å². The lowest BCUT2D eigenvalue weighted by atomic mass is 10.2. The number of thiophene rings is 1. The second-order valence-corrected chi connectivity index (χ2v) is 7.06. The van der Waals surface area contributed by atoms with E-state index in [9.17, 15) is 0 Å². The first-order valence-electron chi connectivity index (χ1n) is 8.54. The predicted octanol–water partition coefficient (Wildman–Crippen LogP) is 3.44. The van der Waals surface area contributed by atoms with Gasteiger partial charge < -0.3 is 15.0 Å². The number of amidine groups is 1. The van der Waals surface area contributed by atoms with Crippen LogP contribution in [-0.2, 0) is 11.4 Å². The highest BCUT2D eigenvalue weighted by atomic mass is 32.1. The lowest BCUT2D eigenvalue weighted by molar-refractivity contribution is 0.127. The van der Waals surface area contributed by atoms with Gasteiger partial charge in [0.2, 0.25) is 5.89 Å². The standard InChI is InChI=1S/C19H18N6O2S/c1-12-8-13(2)25(23-12)17-6-5-14(9-21-17)18(20)24-27-11-15-10-26-19(22-15)16-4-3-7-28-16/h3-10H,11H2,1-2H3,(H2,20,24). The number of hydrogen-bond acceptors (Lipinski definition) is 7. The van der Waals surface area contributed by atoms with Gasteiger partial charge in [0.1, 0.15) is 12.0 Å². The minimum absolute atomic E-state index is 0.160. The summed E-state index contributed by atoms with van der Waals surface area (Å²) in [7, 11) is 0. The molecule has 0 atom stereocenters. The Morgan fingerprint density at radius 1 is 1.32 bits per heavy atom. The smallest absolute Gasteiger partial charge is 0.236 e. The maximum Gasteiger partial charge on any atom is 0.236 e. The number of oxime groups is 1. The number of nitrogens with zero attached hydrogens (tertiary/aromatic N) is 5. The number of hydrogen-bond donors (Lipinski definition) is 1. The number of aryl methyl sites for hydroxylation is 2. The van der Waals surface area contributed by atoms with Crippen molar-refractivity contribution in [2.75, 3.05) is 0 Å². The molecule has 8 nitrogen and oxygen atoms in total. The number of oxazole rings is 1. The second kappa shape index (κ2) is 7.65. The fraction of sp³-hybridized carbons (Fsp3) is 0.158. The van der Waals surface area contributed by atoms with E-state index in [1.54, 1.807) is 28.5 Å². The van der Waals surface area contributed by atoms with E-state index in [1.807, 2.05) is 49.6 Å². The molecule has 0 spiro atoms. The van der Waals surface area contributed by atoms with Crippen molar-refractivity contribution in [2.45, 2.75) is 20.5 Å². The molecule has 0 aliphatic rings. The minimum atomic E-state index is 0.160. The SMILES string of the molecule is Cc1cc(C)n(-c2ccc(/C(N)=N/OCc3coc(-c4cccs4)n3)cn2)n1. The molecule has 0 radical (unpaired) electrons. The third kappa shape index (κ3) is 3.79. The Labute approximate surface area is 165 Å². The summed E-state index contributed by atoms with van der Waals surface area (Å²) in [5.74, 6) is 1.51. The van der Waals surface area contributed by atoms with Gasteiger partial charge in [-0.15, -0.1) is 11.3 Å². The molecule has 0 fully saturated rings. The Morgan fingerprint density at radius 3 is 2.89 bits per heavy atom. The van der Waals surface area contributed by atoms with Crippen molar-refractivity contribution >= 4 is 17.2 Å². The summed E-state index contributed by atoms with van der Waals surface area (Å²) in [6.45, 7) is 4.08. The molecule has 0 aliphatic carbocycles. The van der Waals surface area contributed by atoms with Crippen molar-refractivity contribution < 1.29 is 9.25 Å². The molecule has 0 saturated carbocycles. The summed E-state index contributed by atoms with van der Waals surface area (Å²) in [6, 6.07) is 9.54. The molecule has 28 heavy (non-hydrogen) atoms. The van der Waals surface area contributed by atoms with Gasteiger partial charge in [0.15, 0.2) is 18.3 Å². The molecule has 4 rings (SSSR count). The van der Waals surface area contributed by atoms with E-state index in [4.69, 9.17) is 15.0 Å². The van der Waals surface area contributed by atoms with Gasteiger partial charge in [0, 0.05) is 17.5 Å². The van der Waals surface area contributed by atoms with E-state index in [2.05, 4.69) is 20.2 Å². The summed E-state index contributed by atoms with van der Waals surface area (Å²) in [5, 5.41) is 10.3. The van der Waals surface area contributed by atoms with Crippen LogP contribution in [0.1, 0.15) is 22.6 Å². The molecular formula is C19H18N6O2S. The molecule has 2 N–H and O–H groups in total. The van der Waals surface area contributed by atoms with Gasteiger partial charge in [0.25, 0.3) is 0 Å². The quantitative estimate of drug-likeness (QED) is 0.305. The van der Waals surface area contributed by atoms with Crippen molar-refractivity contribution in [1.82, 2.24) is 19.7 Å². The van der Waals surface area contributed by atoms with E-state index in [-0.39, 0.29) is 12.4 Å². The van der Waals surface area contributed by atoms with Gasteiger partial charge in [-0.25, -0.2) is 14.6 Å². The molecule has 0 bridgehead atoms. The van der Waals surface area contributed by atoms with Crippen LogP contribution in [-0.4, -0.2) is 25.6 Å². The molecule has 142 valence electrons. The average molecular weight is 394 g/mol. The van der Waals surface area contributed by atoms with Crippen molar-refractivity contribution in [3.05, 3.63) is 70.8 Å². The Hall–Kier alpha value is -3.46. The molecule has 0 aliphatic heterocycles. The second-order valence-electron chi connectivity index (χ2n) is 6.12. The highest BCUT2D eigenvalue weighted by Gasteiger charge is 2.09. The fourth-order valence-electron chi connectivity index (χ4n) is 2.63. The van der Waals surface area contributed by atoms with Gasteiger partial charge in [-0.3, -0.25) is 0 Å². The zero-order valence-corrected chi connectivity index (χ0v) is 16.2. The molecule has 0 aromatic carbocycles. The molecule has 0 amide bonds. The fourth-order valence-corrected chi connectivity index (χ4v) is 3.29. The van der Waals surface area contributed by atoms with Crippen LogP contribution >= 0.6 is 11.3 Å². The summed E-state index contributed by atoms with van der Waals surface area (Å²) in [4.78, 5) is 15.0. The molecule has 4 aromatic heterocycles. The molecule has 4 heterocycles. The summed E-state index contributed by atoms with van der Waals surface area (Å²) < 4.78 is 7.22. The zero-order chi connectivity index (χ0) is 19.5. The molecule has 0 unspecified atom stereocenters. The number of aromatic nitrogens is 4. The first-order chi connectivity index (χ1) is 13.6. The van der Waals surface area contributed by atoms with E-state index in [1.165, 1.54) is 0 Å². The molecule has 0 saturated heterocycles. The van der Waals surface area contributed by atoms with Gasteiger partial charge in [0.05, 0.1) is 10.6 Å². The Morgan fingerprint density at radius 2 is 2.21 bits per heavy atom. The third-order valence-corrected chi connectivity index (χ3v) is 4.79. The van der Waals surface area contributed by atoms with Crippen molar-refractivity contribution in [1.29, 1.82) is 0 Å². The van der Waals surface area contributed by atoms with E-state index in [0.717, 1.165) is 16.3 Å². The maximum atomic E-state index is 5.98. The third-order valence-electron chi connectivity index (χ3n) is 3.93. The van der Waals surface area contributed by atoms with Gasteiger partial charge >= 0.3 is 0 Å². The maximum absolute atomic E-state index is 5.98. The lowest BCUT2D eigenvalue weighted by Crippen LogP contribution is -2.15. The minimum Gasteiger partial charge on any atom is -0.443 e. The van der Waals surface area contributed by atoms with Crippen LogP contribution in [0, 0.1) is 13.8 Å². The predicted molar refractivity (Wildman–Crippen MR) is 106 cm³/mol. The number of nitrogens with two attached hydrogens (primary N) is 1. The van der Waals surface area contributed by atoms with E-state index >= 15 is 0 Å². The van der Waals surface area contributed by atoms with Crippen LogP contribution in [0.2, 0.25) is 0 Å². The molecule has 9 heteroatoms. The molecule has 4 aromatic rings. The van der Waals surface area contributed by atoms with Gasteiger partial charge in [-0.2, -0.15) is 5.10 Å². The van der Waals surface area contributed by atoms with Crippen LogP contribution in [0.5, 0.6) is 0 Å². The zero-order valence-electron chi connectivity index (χ0n) is 15.4. The lowest BCUT2D eigenvalue weighted by Gasteiger charge is -2.05. The highest BCUT2D eigenvalue weighted by molar-refractivity contribution is 7.13. The first-order valence-corrected chi connectivity index (χ1v) is 9.42. The highest BCUT2D eigenvalue weighted by Crippen LogP contribution is 2.23. The van der Waals surface area contributed by atoms with Crippen LogP contribution in [0.3, 0.4) is 0 Å². The Balaban J connectivity index is 1.39. The van der Waals surface area contributed by atoms with Crippen molar-refractivity contribution in [3.8, 4) is 16.6 Å². The summed E-state index contributed by atoms with van der Waals surface area (Å²) in [5.41, 5.74) is 9.23. The monoisotopic (exact) mass is 394 g/mol.